The lowest BCUT2D eigenvalue weighted by Gasteiger charge is -2.32. The van der Waals surface area contributed by atoms with Gasteiger partial charge in [-0.3, -0.25) is 4.90 Å². The zero-order valence-corrected chi connectivity index (χ0v) is 21.4. The largest absolute Gasteiger partial charge is 0.361 e. The number of nitrogens with zero attached hydrogens (tertiary/aromatic N) is 2. The number of rotatable bonds is 11. The highest BCUT2D eigenvalue weighted by Gasteiger charge is 2.41. The molecule has 0 saturated carbocycles. The van der Waals surface area contributed by atoms with E-state index in [0.29, 0.717) is 17.7 Å². The third-order valence-corrected chi connectivity index (χ3v) is 7.52. The molecule has 194 valence electrons. The molecular weight excluding hydrogens is 480 g/mol. The van der Waals surface area contributed by atoms with Crippen molar-refractivity contribution in [1.29, 1.82) is 5.26 Å². The van der Waals surface area contributed by atoms with Crippen molar-refractivity contribution in [2.75, 3.05) is 19.6 Å². The van der Waals surface area contributed by atoms with Gasteiger partial charge in [-0.15, -0.1) is 6.58 Å². The zero-order valence-electron chi connectivity index (χ0n) is 21.4. The number of benzene rings is 3. The van der Waals surface area contributed by atoms with Crippen LogP contribution in [0.3, 0.4) is 0 Å². The molecule has 38 heavy (non-hydrogen) atoms. The number of para-hydroxylation sites is 1. The molecule has 4 nitrogen and oxygen atoms in total. The molecule has 1 aliphatic heterocycles. The van der Waals surface area contributed by atoms with Gasteiger partial charge in [0.05, 0.1) is 23.8 Å². The van der Waals surface area contributed by atoms with Crippen LogP contribution in [0.25, 0.3) is 10.9 Å². The summed E-state index contributed by atoms with van der Waals surface area (Å²) >= 11 is 0. The van der Waals surface area contributed by atoms with Crippen molar-refractivity contribution in [2.24, 2.45) is 0 Å². The van der Waals surface area contributed by atoms with Gasteiger partial charge in [-0.1, -0.05) is 36.4 Å². The third-order valence-electron chi connectivity index (χ3n) is 7.52. The second-order valence-electron chi connectivity index (χ2n) is 9.88. The quantitative estimate of drug-likeness (QED) is 0.221. The number of hydrogen-bond donors (Lipinski definition) is 1. The fourth-order valence-corrected chi connectivity index (χ4v) is 5.67. The average Bonchev–Trinajstić information content (AvgIpc) is 3.52. The van der Waals surface area contributed by atoms with Crippen molar-refractivity contribution in [3.63, 3.8) is 0 Å². The van der Waals surface area contributed by atoms with Crippen LogP contribution in [0.15, 0.2) is 79.5 Å². The van der Waals surface area contributed by atoms with Crippen LogP contribution in [0.5, 0.6) is 0 Å². The molecular formula is C32H31F2N3O. The van der Waals surface area contributed by atoms with Crippen LogP contribution in [-0.4, -0.2) is 29.5 Å². The highest BCUT2D eigenvalue weighted by molar-refractivity contribution is 5.83. The van der Waals surface area contributed by atoms with E-state index >= 15 is 0 Å². The molecule has 1 unspecified atom stereocenters. The minimum absolute atomic E-state index is 0.225. The predicted molar refractivity (Wildman–Crippen MR) is 146 cm³/mol. The number of aromatic amines is 1. The molecule has 0 spiro atoms. The summed E-state index contributed by atoms with van der Waals surface area (Å²) in [5, 5.41) is 10.3. The number of aromatic nitrogens is 1. The van der Waals surface area contributed by atoms with Crippen LogP contribution in [-0.2, 0) is 23.4 Å². The van der Waals surface area contributed by atoms with Crippen LogP contribution in [0, 0.1) is 23.0 Å². The van der Waals surface area contributed by atoms with E-state index in [1.807, 2.05) is 36.5 Å². The predicted octanol–water partition coefficient (Wildman–Crippen LogP) is 6.99. The van der Waals surface area contributed by atoms with E-state index in [9.17, 15) is 14.0 Å². The Morgan fingerprint density at radius 1 is 1.08 bits per heavy atom. The molecule has 1 atom stereocenters. The maximum Gasteiger partial charge on any atom is 0.147 e. The second-order valence-corrected chi connectivity index (χ2v) is 9.88. The Balaban J connectivity index is 1.27. The molecule has 0 fully saturated rings. The van der Waals surface area contributed by atoms with E-state index in [-0.39, 0.29) is 11.6 Å². The summed E-state index contributed by atoms with van der Waals surface area (Å²) in [4.78, 5) is 5.43. The van der Waals surface area contributed by atoms with E-state index in [0.717, 1.165) is 73.0 Å². The monoisotopic (exact) mass is 511 g/mol. The Labute approximate surface area is 222 Å². The van der Waals surface area contributed by atoms with E-state index < -0.39 is 5.60 Å². The lowest BCUT2D eigenvalue weighted by Crippen LogP contribution is -2.31. The normalized spacial score (nSPS) is 16.6. The molecule has 2 heterocycles. The van der Waals surface area contributed by atoms with E-state index in [2.05, 4.69) is 22.5 Å². The number of hydrogen-bond acceptors (Lipinski definition) is 3. The number of aryl methyl sites for hydroxylation is 1. The van der Waals surface area contributed by atoms with Gasteiger partial charge in [0.1, 0.15) is 17.2 Å². The summed E-state index contributed by atoms with van der Waals surface area (Å²) in [7, 11) is 0. The summed E-state index contributed by atoms with van der Waals surface area (Å²) in [6.45, 7) is 6.87. The Bertz CT molecular complexity index is 1470. The van der Waals surface area contributed by atoms with Crippen molar-refractivity contribution in [3.05, 3.63) is 119 Å². The Hall–Kier alpha value is -3.79. The number of H-pyrrole nitrogens is 1. The number of fused-ring (bicyclic) bond motifs is 2. The first kappa shape index (κ1) is 25.8. The third kappa shape index (κ3) is 5.13. The molecule has 0 aliphatic carbocycles. The van der Waals surface area contributed by atoms with Crippen LogP contribution in [0.2, 0.25) is 0 Å². The topological polar surface area (TPSA) is 52.0 Å². The maximum atomic E-state index is 14.0. The molecule has 5 rings (SSSR count). The van der Waals surface area contributed by atoms with Gasteiger partial charge in [0.15, 0.2) is 0 Å². The summed E-state index contributed by atoms with van der Waals surface area (Å²) in [6, 6.07) is 19.6. The smallest absolute Gasteiger partial charge is 0.147 e. The number of halogens is 2. The fraction of sp³-hybridized carbons (Fsp3) is 0.281. The molecule has 1 N–H and O–H groups in total. The summed E-state index contributed by atoms with van der Waals surface area (Å²) in [5.41, 5.74) is 4.60. The van der Waals surface area contributed by atoms with E-state index in [4.69, 9.17) is 4.74 Å². The maximum absolute atomic E-state index is 14.0. The number of nitriles is 1. The first-order valence-corrected chi connectivity index (χ1v) is 13.1. The number of nitrogens with one attached hydrogen (secondary N) is 1. The molecule has 0 saturated heterocycles. The summed E-state index contributed by atoms with van der Waals surface area (Å²) in [6.07, 6.45) is 7.22. The van der Waals surface area contributed by atoms with Gasteiger partial charge in [0.2, 0.25) is 0 Å². The number of ether oxygens (including phenoxy) is 1. The van der Waals surface area contributed by atoms with Gasteiger partial charge in [-0.25, -0.2) is 8.78 Å². The SMILES string of the molecule is C=CCN(CCCc1c[nH]c2c(F)cccc12)CCCC1(c2ccc(F)cc2)OCc2cc(C#N)ccc21. The van der Waals surface area contributed by atoms with Crippen molar-refractivity contribution < 1.29 is 13.5 Å². The minimum atomic E-state index is -0.676. The molecule has 4 aromatic rings. The van der Waals surface area contributed by atoms with Gasteiger partial charge in [-0.2, -0.15) is 5.26 Å². The highest BCUT2D eigenvalue weighted by atomic mass is 19.1. The lowest BCUT2D eigenvalue weighted by atomic mass is 9.81. The second kappa shape index (κ2) is 11.3. The average molecular weight is 512 g/mol. The van der Waals surface area contributed by atoms with Crippen LogP contribution in [0.1, 0.15) is 47.1 Å². The molecule has 0 radical (unpaired) electrons. The lowest BCUT2D eigenvalue weighted by molar-refractivity contribution is -0.0144. The molecule has 1 aromatic heterocycles. The van der Waals surface area contributed by atoms with Gasteiger partial charge in [0, 0.05) is 18.1 Å². The molecule has 1 aliphatic rings. The van der Waals surface area contributed by atoms with Gasteiger partial charge in [-0.05, 0) is 91.4 Å². The fourth-order valence-electron chi connectivity index (χ4n) is 5.67. The van der Waals surface area contributed by atoms with Crippen LogP contribution in [0.4, 0.5) is 8.78 Å². The van der Waals surface area contributed by atoms with Crippen molar-refractivity contribution in [2.45, 2.75) is 37.9 Å². The molecule has 0 amide bonds. The minimum Gasteiger partial charge on any atom is -0.361 e. The van der Waals surface area contributed by atoms with Crippen LogP contribution >= 0.6 is 0 Å². The van der Waals surface area contributed by atoms with E-state index in [1.165, 1.54) is 18.2 Å². The van der Waals surface area contributed by atoms with Gasteiger partial charge in [0.25, 0.3) is 0 Å². The molecule has 0 bridgehead atoms. The standard InChI is InChI=1S/C32H31F2N3O/c1-2-16-37(17-4-6-24-21-36-31-28(24)7-3-8-30(31)34)18-5-15-32(26-10-12-27(33)13-11-26)29-14-9-23(20-35)19-25(29)22-38-32/h2-3,7-14,19,21,36H,1,4-6,15-18,22H2. The van der Waals surface area contributed by atoms with Gasteiger partial charge >= 0.3 is 0 Å². The first-order chi connectivity index (χ1) is 18.5. The first-order valence-electron chi connectivity index (χ1n) is 13.1. The Kier molecular flexibility index (Phi) is 7.69. The van der Waals surface area contributed by atoms with E-state index in [1.54, 1.807) is 18.2 Å². The van der Waals surface area contributed by atoms with Gasteiger partial charge < -0.3 is 9.72 Å². The Morgan fingerprint density at radius 3 is 2.68 bits per heavy atom. The summed E-state index contributed by atoms with van der Waals surface area (Å²) in [5.74, 6) is -0.506. The highest BCUT2D eigenvalue weighted by Crippen LogP contribution is 2.45. The van der Waals surface area contributed by atoms with Crippen LogP contribution < -0.4 is 0 Å². The molecule has 3 aromatic carbocycles. The van der Waals surface area contributed by atoms with Crippen molar-refractivity contribution >= 4 is 10.9 Å². The molecule has 6 heteroatoms. The van der Waals surface area contributed by atoms with Crippen molar-refractivity contribution in [1.82, 2.24) is 9.88 Å². The summed E-state index contributed by atoms with van der Waals surface area (Å²) < 4.78 is 34.2. The Morgan fingerprint density at radius 2 is 1.89 bits per heavy atom. The van der Waals surface area contributed by atoms with Crippen molar-refractivity contribution in [3.8, 4) is 6.07 Å². The zero-order chi connectivity index (χ0) is 26.5.